The number of nitrogens with zero attached hydrogens (tertiary/aromatic N) is 1. The average Bonchev–Trinajstić information content (AvgIpc) is 2.57. The van der Waals surface area contributed by atoms with Crippen LogP contribution in [0.3, 0.4) is 0 Å². The standard InChI is InChI=1S/C9H17N3/c10-6-4-2-1-3-5-9-11-7-8-12-9/h7-8H,1-6,10H2,(H,11,12). The number of aromatic amines is 1. The van der Waals surface area contributed by atoms with Gasteiger partial charge in [0, 0.05) is 18.8 Å². The van der Waals surface area contributed by atoms with E-state index in [0.717, 1.165) is 25.2 Å². The van der Waals surface area contributed by atoms with Crippen LogP contribution in [0.1, 0.15) is 31.5 Å². The molecule has 1 aromatic heterocycles. The molecule has 1 heterocycles. The quantitative estimate of drug-likeness (QED) is 0.630. The number of rotatable bonds is 6. The van der Waals surface area contributed by atoms with E-state index in [9.17, 15) is 0 Å². The zero-order valence-electron chi connectivity index (χ0n) is 7.42. The molecule has 0 saturated carbocycles. The van der Waals surface area contributed by atoms with Gasteiger partial charge in [0.15, 0.2) is 0 Å². The van der Waals surface area contributed by atoms with Crippen LogP contribution in [0.4, 0.5) is 0 Å². The van der Waals surface area contributed by atoms with Gasteiger partial charge in [-0.1, -0.05) is 12.8 Å². The first-order valence-electron chi connectivity index (χ1n) is 4.62. The molecule has 0 fully saturated rings. The van der Waals surface area contributed by atoms with E-state index >= 15 is 0 Å². The van der Waals surface area contributed by atoms with E-state index in [4.69, 9.17) is 5.73 Å². The summed E-state index contributed by atoms with van der Waals surface area (Å²) >= 11 is 0. The van der Waals surface area contributed by atoms with Gasteiger partial charge < -0.3 is 10.7 Å². The Labute approximate surface area is 73.4 Å². The summed E-state index contributed by atoms with van der Waals surface area (Å²) in [5.74, 6) is 1.10. The van der Waals surface area contributed by atoms with Gasteiger partial charge in [-0.2, -0.15) is 0 Å². The second-order valence-electron chi connectivity index (χ2n) is 2.99. The van der Waals surface area contributed by atoms with Crippen molar-refractivity contribution in [3.8, 4) is 0 Å². The fraction of sp³-hybridized carbons (Fsp3) is 0.667. The lowest BCUT2D eigenvalue weighted by atomic mass is 10.1. The van der Waals surface area contributed by atoms with Crippen molar-refractivity contribution in [3.05, 3.63) is 18.2 Å². The molecule has 3 nitrogen and oxygen atoms in total. The lowest BCUT2D eigenvalue weighted by molar-refractivity contribution is 0.637. The molecular weight excluding hydrogens is 150 g/mol. The third kappa shape index (κ3) is 3.53. The summed E-state index contributed by atoms with van der Waals surface area (Å²) in [6.07, 6.45) is 9.61. The van der Waals surface area contributed by atoms with E-state index in [-0.39, 0.29) is 0 Å². The molecule has 0 atom stereocenters. The molecule has 1 aromatic rings. The SMILES string of the molecule is NCCCCCCc1ncc[nH]1. The van der Waals surface area contributed by atoms with Crippen LogP contribution in [0.5, 0.6) is 0 Å². The molecule has 0 saturated heterocycles. The number of unbranched alkanes of at least 4 members (excludes halogenated alkanes) is 3. The molecule has 0 bridgehead atoms. The first kappa shape index (κ1) is 9.26. The van der Waals surface area contributed by atoms with Gasteiger partial charge in [-0.25, -0.2) is 4.98 Å². The summed E-state index contributed by atoms with van der Waals surface area (Å²) in [5.41, 5.74) is 5.39. The molecule has 0 aliphatic carbocycles. The van der Waals surface area contributed by atoms with Crippen LogP contribution >= 0.6 is 0 Å². The van der Waals surface area contributed by atoms with Crippen molar-refractivity contribution in [2.75, 3.05) is 6.54 Å². The molecule has 0 aromatic carbocycles. The second-order valence-corrected chi connectivity index (χ2v) is 2.99. The number of hydrogen-bond acceptors (Lipinski definition) is 2. The molecule has 0 amide bonds. The number of H-pyrrole nitrogens is 1. The monoisotopic (exact) mass is 167 g/mol. The zero-order chi connectivity index (χ0) is 8.65. The van der Waals surface area contributed by atoms with Crippen LogP contribution in [0.15, 0.2) is 12.4 Å². The predicted molar refractivity (Wildman–Crippen MR) is 49.8 cm³/mol. The van der Waals surface area contributed by atoms with Gasteiger partial charge in [-0.15, -0.1) is 0 Å². The molecular formula is C9H17N3. The van der Waals surface area contributed by atoms with Gasteiger partial charge in [0.2, 0.25) is 0 Å². The second kappa shape index (κ2) is 5.77. The van der Waals surface area contributed by atoms with Crippen molar-refractivity contribution in [2.24, 2.45) is 5.73 Å². The van der Waals surface area contributed by atoms with E-state index < -0.39 is 0 Å². The van der Waals surface area contributed by atoms with Crippen molar-refractivity contribution in [3.63, 3.8) is 0 Å². The first-order chi connectivity index (χ1) is 5.93. The summed E-state index contributed by atoms with van der Waals surface area (Å²) in [6, 6.07) is 0. The van der Waals surface area contributed by atoms with Gasteiger partial charge in [0.05, 0.1) is 0 Å². The Balaban J connectivity index is 1.96. The molecule has 68 valence electrons. The highest BCUT2D eigenvalue weighted by molar-refractivity contribution is 4.86. The summed E-state index contributed by atoms with van der Waals surface area (Å²) in [7, 11) is 0. The minimum Gasteiger partial charge on any atom is -0.349 e. The molecule has 0 radical (unpaired) electrons. The predicted octanol–water partition coefficient (Wildman–Crippen LogP) is 1.47. The fourth-order valence-electron chi connectivity index (χ4n) is 1.23. The van der Waals surface area contributed by atoms with Crippen molar-refractivity contribution in [2.45, 2.75) is 32.1 Å². The van der Waals surface area contributed by atoms with Crippen molar-refractivity contribution >= 4 is 0 Å². The maximum absolute atomic E-state index is 5.39. The van der Waals surface area contributed by atoms with Gasteiger partial charge >= 0.3 is 0 Å². The molecule has 0 spiro atoms. The Bertz CT molecular complexity index is 182. The molecule has 3 N–H and O–H groups in total. The Hall–Kier alpha value is -0.830. The Kier molecular flexibility index (Phi) is 4.46. The third-order valence-electron chi connectivity index (χ3n) is 1.92. The van der Waals surface area contributed by atoms with E-state index in [1.165, 1.54) is 19.3 Å². The van der Waals surface area contributed by atoms with E-state index in [1.807, 2.05) is 6.20 Å². The summed E-state index contributed by atoms with van der Waals surface area (Å²) in [6.45, 7) is 0.820. The highest BCUT2D eigenvalue weighted by Crippen LogP contribution is 2.02. The highest BCUT2D eigenvalue weighted by Gasteiger charge is 1.93. The molecule has 0 unspecified atom stereocenters. The summed E-state index contributed by atoms with van der Waals surface area (Å²) in [5, 5.41) is 0. The number of hydrogen-bond donors (Lipinski definition) is 2. The van der Waals surface area contributed by atoms with E-state index in [1.54, 1.807) is 6.20 Å². The zero-order valence-corrected chi connectivity index (χ0v) is 7.42. The maximum atomic E-state index is 5.39. The van der Waals surface area contributed by atoms with Crippen molar-refractivity contribution < 1.29 is 0 Å². The minimum absolute atomic E-state index is 0.820. The Morgan fingerprint density at radius 3 is 2.75 bits per heavy atom. The van der Waals surface area contributed by atoms with Crippen LogP contribution in [0.2, 0.25) is 0 Å². The Morgan fingerprint density at radius 2 is 2.08 bits per heavy atom. The number of nitrogens with one attached hydrogen (secondary N) is 1. The normalized spacial score (nSPS) is 10.4. The summed E-state index contributed by atoms with van der Waals surface area (Å²) < 4.78 is 0. The molecule has 0 aliphatic rings. The number of imidazole rings is 1. The van der Waals surface area contributed by atoms with Gasteiger partial charge in [0.1, 0.15) is 5.82 Å². The summed E-state index contributed by atoms with van der Waals surface area (Å²) in [4.78, 5) is 7.25. The molecule has 12 heavy (non-hydrogen) atoms. The number of aryl methyl sites for hydroxylation is 1. The molecule has 0 aliphatic heterocycles. The van der Waals surface area contributed by atoms with E-state index in [0.29, 0.717) is 0 Å². The van der Waals surface area contributed by atoms with Crippen molar-refractivity contribution in [1.82, 2.24) is 9.97 Å². The van der Waals surface area contributed by atoms with Crippen LogP contribution in [0, 0.1) is 0 Å². The van der Waals surface area contributed by atoms with Crippen molar-refractivity contribution in [1.29, 1.82) is 0 Å². The lowest BCUT2D eigenvalue weighted by Crippen LogP contribution is -1.98. The van der Waals surface area contributed by atoms with Crippen LogP contribution in [-0.2, 0) is 6.42 Å². The maximum Gasteiger partial charge on any atom is 0.105 e. The van der Waals surface area contributed by atoms with Gasteiger partial charge in [-0.3, -0.25) is 0 Å². The number of nitrogens with two attached hydrogens (primary N) is 1. The molecule has 3 heteroatoms. The number of aromatic nitrogens is 2. The molecule has 1 rings (SSSR count). The fourth-order valence-corrected chi connectivity index (χ4v) is 1.23. The van der Waals surface area contributed by atoms with Crippen LogP contribution in [-0.4, -0.2) is 16.5 Å². The van der Waals surface area contributed by atoms with Crippen LogP contribution < -0.4 is 5.73 Å². The first-order valence-corrected chi connectivity index (χ1v) is 4.62. The Morgan fingerprint density at radius 1 is 1.25 bits per heavy atom. The van der Waals surface area contributed by atoms with E-state index in [2.05, 4.69) is 9.97 Å². The van der Waals surface area contributed by atoms with Gasteiger partial charge in [-0.05, 0) is 19.4 Å². The smallest absolute Gasteiger partial charge is 0.105 e. The van der Waals surface area contributed by atoms with Gasteiger partial charge in [0.25, 0.3) is 0 Å². The topological polar surface area (TPSA) is 54.7 Å². The minimum atomic E-state index is 0.820. The lowest BCUT2D eigenvalue weighted by Gasteiger charge is -1.97. The average molecular weight is 167 g/mol. The van der Waals surface area contributed by atoms with Crippen LogP contribution in [0.25, 0.3) is 0 Å². The largest absolute Gasteiger partial charge is 0.349 e. The highest BCUT2D eigenvalue weighted by atomic mass is 14.9. The third-order valence-corrected chi connectivity index (χ3v) is 1.92.